The van der Waals surface area contributed by atoms with E-state index in [1.54, 1.807) is 11.3 Å². The van der Waals surface area contributed by atoms with Crippen molar-refractivity contribution in [1.82, 2.24) is 10.3 Å². The molecular formula is C25H24N2O3S. The van der Waals surface area contributed by atoms with Crippen LogP contribution in [-0.2, 0) is 10.2 Å². The van der Waals surface area contributed by atoms with Gasteiger partial charge in [0, 0.05) is 43.6 Å². The van der Waals surface area contributed by atoms with E-state index in [9.17, 15) is 9.59 Å². The average molecular weight is 433 g/mol. The molecule has 2 fully saturated rings. The second kappa shape index (κ2) is 5.94. The van der Waals surface area contributed by atoms with Crippen molar-refractivity contribution < 1.29 is 9.21 Å². The molecule has 2 aromatic carbocycles. The SMILES string of the molecule is CC12CNC(=O)[C@@](C)(C1)C[C@@](C)(c1nc3cc4c(=O)c5ccccc5sc4cc3o1)C2. The minimum absolute atomic E-state index is 0.0169. The van der Waals surface area contributed by atoms with E-state index >= 15 is 0 Å². The third kappa shape index (κ3) is 2.70. The summed E-state index contributed by atoms with van der Waals surface area (Å²) in [4.78, 5) is 30.6. The lowest BCUT2D eigenvalue weighted by molar-refractivity contribution is -0.143. The molecule has 1 aliphatic carbocycles. The van der Waals surface area contributed by atoms with Gasteiger partial charge in [0.2, 0.25) is 11.8 Å². The van der Waals surface area contributed by atoms with Crippen LogP contribution in [0.2, 0.25) is 0 Å². The number of hydrogen-bond donors (Lipinski definition) is 1. The lowest BCUT2D eigenvalue weighted by Gasteiger charge is -2.54. The third-order valence-corrected chi connectivity index (χ3v) is 8.37. The largest absolute Gasteiger partial charge is 0.440 e. The summed E-state index contributed by atoms with van der Waals surface area (Å²) in [5, 5.41) is 4.52. The topological polar surface area (TPSA) is 72.2 Å². The maximum absolute atomic E-state index is 13.1. The maximum Gasteiger partial charge on any atom is 0.226 e. The number of benzene rings is 2. The highest BCUT2D eigenvalue weighted by Gasteiger charge is 2.57. The third-order valence-electron chi connectivity index (χ3n) is 7.24. The molecule has 1 saturated carbocycles. The molecule has 0 spiro atoms. The van der Waals surface area contributed by atoms with E-state index in [2.05, 4.69) is 26.1 Å². The van der Waals surface area contributed by atoms with E-state index in [1.165, 1.54) is 0 Å². The lowest BCUT2D eigenvalue weighted by Crippen LogP contribution is -2.59. The summed E-state index contributed by atoms with van der Waals surface area (Å²) in [6.45, 7) is 7.16. The number of aromatic nitrogens is 1. The van der Waals surface area contributed by atoms with Crippen LogP contribution in [0, 0.1) is 10.8 Å². The Bertz CT molecular complexity index is 1470. The van der Waals surface area contributed by atoms with Crippen LogP contribution in [0.5, 0.6) is 0 Å². The molecule has 1 saturated heterocycles. The van der Waals surface area contributed by atoms with Gasteiger partial charge >= 0.3 is 0 Å². The van der Waals surface area contributed by atoms with Crippen molar-refractivity contribution >= 4 is 48.5 Å². The number of fused-ring (bicyclic) bond motifs is 5. The Hall–Kier alpha value is -2.73. The summed E-state index contributed by atoms with van der Waals surface area (Å²) in [5.41, 5.74) is 0.699. The van der Waals surface area contributed by atoms with E-state index < -0.39 is 5.41 Å². The lowest BCUT2D eigenvalue weighted by atomic mass is 9.52. The summed E-state index contributed by atoms with van der Waals surface area (Å²) < 4.78 is 8.20. The number of hydrogen-bond acceptors (Lipinski definition) is 5. The molecule has 4 aromatic rings. The van der Waals surface area contributed by atoms with Gasteiger partial charge in [-0.15, -0.1) is 11.3 Å². The fourth-order valence-corrected chi connectivity index (χ4v) is 7.44. The maximum atomic E-state index is 13.1. The summed E-state index contributed by atoms with van der Waals surface area (Å²) in [6, 6.07) is 11.5. The molecule has 1 N–H and O–H groups in total. The Morgan fingerprint density at radius 3 is 2.58 bits per heavy atom. The Labute approximate surface area is 183 Å². The van der Waals surface area contributed by atoms with Crippen molar-refractivity contribution in [2.45, 2.75) is 45.4 Å². The summed E-state index contributed by atoms with van der Waals surface area (Å²) in [5.74, 6) is 0.800. The van der Waals surface area contributed by atoms with Gasteiger partial charge in [-0.3, -0.25) is 9.59 Å². The number of nitrogens with one attached hydrogen (secondary N) is 1. The molecule has 6 heteroatoms. The summed E-state index contributed by atoms with van der Waals surface area (Å²) >= 11 is 1.60. The molecule has 2 aromatic heterocycles. The molecule has 1 unspecified atom stereocenters. The highest BCUT2D eigenvalue weighted by atomic mass is 32.1. The molecule has 5 nitrogen and oxygen atoms in total. The van der Waals surface area contributed by atoms with Crippen LogP contribution in [0.25, 0.3) is 31.3 Å². The molecule has 2 aliphatic rings. The second-order valence-electron chi connectivity index (χ2n) is 10.4. The van der Waals surface area contributed by atoms with Crippen LogP contribution in [0.3, 0.4) is 0 Å². The predicted octanol–water partition coefficient (Wildman–Crippen LogP) is 5.14. The van der Waals surface area contributed by atoms with Crippen LogP contribution in [-0.4, -0.2) is 17.4 Å². The molecule has 3 atom stereocenters. The molecule has 6 rings (SSSR count). The minimum atomic E-state index is -0.423. The normalized spacial score (nSPS) is 30.7. The summed E-state index contributed by atoms with van der Waals surface area (Å²) in [7, 11) is 0. The quantitative estimate of drug-likeness (QED) is 0.423. The number of carbonyl (C=O) groups is 1. The molecule has 0 radical (unpaired) electrons. The van der Waals surface area contributed by atoms with Gasteiger partial charge in [-0.25, -0.2) is 4.98 Å². The first-order valence-corrected chi connectivity index (χ1v) is 11.5. The Kier molecular flexibility index (Phi) is 3.64. The van der Waals surface area contributed by atoms with Crippen LogP contribution in [0.15, 0.2) is 45.6 Å². The highest BCUT2D eigenvalue weighted by molar-refractivity contribution is 7.24. The van der Waals surface area contributed by atoms with Crippen LogP contribution in [0.4, 0.5) is 0 Å². The monoisotopic (exact) mass is 432 g/mol. The molecule has 31 heavy (non-hydrogen) atoms. The van der Waals surface area contributed by atoms with Gasteiger partial charge in [-0.1, -0.05) is 32.9 Å². The van der Waals surface area contributed by atoms with Crippen molar-refractivity contribution in [3.05, 3.63) is 52.5 Å². The van der Waals surface area contributed by atoms with Crippen molar-refractivity contribution in [2.75, 3.05) is 6.54 Å². The van der Waals surface area contributed by atoms with Crippen molar-refractivity contribution in [3.8, 4) is 0 Å². The van der Waals surface area contributed by atoms with Gasteiger partial charge in [0.15, 0.2) is 11.0 Å². The van der Waals surface area contributed by atoms with Crippen LogP contribution in [0.1, 0.15) is 45.9 Å². The van der Waals surface area contributed by atoms with E-state index in [4.69, 9.17) is 9.40 Å². The Balaban J connectivity index is 1.53. The van der Waals surface area contributed by atoms with Crippen molar-refractivity contribution in [2.24, 2.45) is 10.8 Å². The minimum Gasteiger partial charge on any atom is -0.440 e. The van der Waals surface area contributed by atoms with Gasteiger partial charge in [-0.2, -0.15) is 0 Å². The Morgan fingerprint density at radius 2 is 1.74 bits per heavy atom. The van der Waals surface area contributed by atoms with Gasteiger partial charge in [0.05, 0.1) is 0 Å². The number of nitrogens with zero attached hydrogens (tertiary/aromatic N) is 1. The molecule has 2 bridgehead atoms. The fourth-order valence-electron chi connectivity index (χ4n) is 6.36. The summed E-state index contributed by atoms with van der Waals surface area (Å²) in [6.07, 6.45) is 2.49. The molecule has 1 aliphatic heterocycles. The number of amides is 1. The van der Waals surface area contributed by atoms with Crippen molar-refractivity contribution in [1.29, 1.82) is 0 Å². The second-order valence-corrected chi connectivity index (χ2v) is 11.5. The first-order valence-electron chi connectivity index (χ1n) is 10.7. The fraction of sp³-hybridized carbons (Fsp3) is 0.400. The first-order chi connectivity index (χ1) is 14.7. The van der Waals surface area contributed by atoms with E-state index in [0.717, 1.165) is 27.6 Å². The number of rotatable bonds is 1. The number of carbonyl (C=O) groups excluding carboxylic acids is 1. The van der Waals surface area contributed by atoms with E-state index in [0.29, 0.717) is 35.3 Å². The molecule has 1 amide bonds. The zero-order chi connectivity index (χ0) is 21.6. The predicted molar refractivity (Wildman–Crippen MR) is 124 cm³/mol. The van der Waals surface area contributed by atoms with Crippen LogP contribution >= 0.6 is 11.3 Å². The zero-order valence-electron chi connectivity index (χ0n) is 17.9. The standard InChI is InChI=1S/C25H24N2O3S/c1-23-10-24(2,21(29)26-13-23)12-25(3,11-23)22-27-16-8-15-19(9-17(16)30-22)31-18-7-5-4-6-14(18)20(15)28/h4-9H,10-13H2,1-3H3,(H,26,29)/t23?,24-,25-/m0/s1. The average Bonchev–Trinajstić information content (AvgIpc) is 3.13. The molecular weight excluding hydrogens is 408 g/mol. The molecule has 3 heterocycles. The first kappa shape index (κ1) is 19.0. The highest BCUT2D eigenvalue weighted by Crippen LogP contribution is 2.57. The zero-order valence-corrected chi connectivity index (χ0v) is 18.7. The smallest absolute Gasteiger partial charge is 0.226 e. The van der Waals surface area contributed by atoms with Gasteiger partial charge in [0.25, 0.3) is 0 Å². The molecule has 158 valence electrons. The van der Waals surface area contributed by atoms with E-state index in [-0.39, 0.29) is 22.2 Å². The number of oxazole rings is 1. The van der Waals surface area contributed by atoms with Gasteiger partial charge in [-0.05, 0) is 42.9 Å². The van der Waals surface area contributed by atoms with Gasteiger partial charge < -0.3 is 9.73 Å². The Morgan fingerprint density at radius 1 is 0.968 bits per heavy atom. The number of piperidine rings is 1. The van der Waals surface area contributed by atoms with Crippen LogP contribution < -0.4 is 10.7 Å². The van der Waals surface area contributed by atoms with E-state index in [1.807, 2.05) is 36.4 Å². The van der Waals surface area contributed by atoms with Gasteiger partial charge in [0.1, 0.15) is 5.52 Å². The van der Waals surface area contributed by atoms with Crippen molar-refractivity contribution in [3.63, 3.8) is 0 Å².